The Morgan fingerprint density at radius 2 is 2.11 bits per heavy atom. The van der Waals surface area contributed by atoms with Gasteiger partial charge < -0.3 is 10.6 Å². The predicted octanol–water partition coefficient (Wildman–Crippen LogP) is 1.46. The molecule has 0 bridgehead atoms. The van der Waals surface area contributed by atoms with Crippen molar-refractivity contribution in [1.29, 1.82) is 0 Å². The van der Waals surface area contributed by atoms with Gasteiger partial charge in [-0.2, -0.15) is 0 Å². The predicted molar refractivity (Wildman–Crippen MR) is 72.1 cm³/mol. The summed E-state index contributed by atoms with van der Waals surface area (Å²) in [5.74, 6) is 0.0575. The van der Waals surface area contributed by atoms with E-state index in [1.54, 1.807) is 7.05 Å². The maximum Gasteiger partial charge on any atom is 0.221 e. The van der Waals surface area contributed by atoms with E-state index in [1.807, 2.05) is 30.5 Å². The Morgan fingerprint density at radius 1 is 1.28 bits per heavy atom. The number of para-hydroxylation sites is 1. The topological polar surface area (TPSA) is 54.0 Å². The van der Waals surface area contributed by atoms with E-state index < -0.39 is 0 Å². The molecule has 0 saturated heterocycles. The molecule has 2 rings (SSSR count). The van der Waals surface area contributed by atoms with Gasteiger partial charge in [0, 0.05) is 38.1 Å². The van der Waals surface area contributed by atoms with Crippen molar-refractivity contribution in [2.75, 3.05) is 13.6 Å². The molecule has 4 nitrogen and oxygen atoms in total. The normalized spacial score (nSPS) is 10.5. The molecule has 1 aromatic carbocycles. The highest BCUT2D eigenvalue weighted by molar-refractivity contribution is 5.81. The second-order valence-electron chi connectivity index (χ2n) is 4.09. The minimum atomic E-state index is 0.0575. The van der Waals surface area contributed by atoms with Gasteiger partial charge in [-0.15, -0.1) is 0 Å². The van der Waals surface area contributed by atoms with Crippen LogP contribution in [0, 0.1) is 0 Å². The summed E-state index contributed by atoms with van der Waals surface area (Å²) in [6.07, 6.45) is 2.32. The Labute approximate surface area is 106 Å². The summed E-state index contributed by atoms with van der Waals surface area (Å²) < 4.78 is 0. The third-order valence-electron chi connectivity index (χ3n) is 2.86. The lowest BCUT2D eigenvalue weighted by atomic mass is 10.1. The van der Waals surface area contributed by atoms with Gasteiger partial charge in [-0.3, -0.25) is 9.78 Å². The van der Waals surface area contributed by atoms with E-state index in [1.165, 1.54) is 5.56 Å². The minimum absolute atomic E-state index is 0.0575. The van der Waals surface area contributed by atoms with Crippen molar-refractivity contribution in [1.82, 2.24) is 15.6 Å². The van der Waals surface area contributed by atoms with Crippen LogP contribution < -0.4 is 10.6 Å². The highest BCUT2D eigenvalue weighted by Gasteiger charge is 2.01. The lowest BCUT2D eigenvalue weighted by Gasteiger charge is -2.07. The van der Waals surface area contributed by atoms with Gasteiger partial charge in [0.1, 0.15) is 0 Å². The minimum Gasteiger partial charge on any atom is -0.359 e. The largest absolute Gasteiger partial charge is 0.359 e. The van der Waals surface area contributed by atoms with Crippen LogP contribution in [0.5, 0.6) is 0 Å². The molecule has 0 aliphatic carbocycles. The molecule has 0 aliphatic rings. The van der Waals surface area contributed by atoms with E-state index in [4.69, 9.17) is 0 Å². The van der Waals surface area contributed by atoms with Crippen LogP contribution in [0.2, 0.25) is 0 Å². The second kappa shape index (κ2) is 6.12. The third-order valence-corrected chi connectivity index (χ3v) is 2.86. The van der Waals surface area contributed by atoms with Crippen LogP contribution in [0.1, 0.15) is 12.0 Å². The van der Waals surface area contributed by atoms with Crippen molar-refractivity contribution in [3.05, 3.63) is 42.1 Å². The summed E-state index contributed by atoms with van der Waals surface area (Å²) in [6, 6.07) is 10.1. The van der Waals surface area contributed by atoms with Gasteiger partial charge in [0.25, 0.3) is 0 Å². The molecule has 2 aromatic rings. The van der Waals surface area contributed by atoms with Crippen LogP contribution in [0.3, 0.4) is 0 Å². The molecule has 0 atom stereocenters. The summed E-state index contributed by atoms with van der Waals surface area (Å²) >= 11 is 0. The Morgan fingerprint density at radius 3 is 2.94 bits per heavy atom. The van der Waals surface area contributed by atoms with Crippen molar-refractivity contribution in [2.45, 2.75) is 13.0 Å². The van der Waals surface area contributed by atoms with E-state index in [9.17, 15) is 4.79 Å². The quantitative estimate of drug-likeness (QED) is 0.782. The molecule has 1 aromatic heterocycles. The molecule has 94 valence electrons. The number of amides is 1. The zero-order valence-corrected chi connectivity index (χ0v) is 10.4. The number of aromatic nitrogens is 1. The number of hydrogen-bond donors (Lipinski definition) is 2. The lowest BCUT2D eigenvalue weighted by molar-refractivity contribution is -0.120. The molecular weight excluding hydrogens is 226 g/mol. The third kappa shape index (κ3) is 3.05. The van der Waals surface area contributed by atoms with Gasteiger partial charge in [-0.05, 0) is 17.7 Å². The van der Waals surface area contributed by atoms with E-state index in [0.29, 0.717) is 13.0 Å². The molecule has 0 unspecified atom stereocenters. The molecule has 0 spiro atoms. The van der Waals surface area contributed by atoms with Crippen LogP contribution >= 0.6 is 0 Å². The summed E-state index contributed by atoms with van der Waals surface area (Å²) in [4.78, 5) is 15.4. The standard InChI is InChI=1S/C14H17N3O/c1-15-14(18)7-8-16-10-11-6-9-17-13-5-3-2-4-12(11)13/h2-6,9,16H,7-8,10H2,1H3,(H,15,18). The van der Waals surface area contributed by atoms with Crippen molar-refractivity contribution >= 4 is 16.8 Å². The summed E-state index contributed by atoms with van der Waals surface area (Å²) in [5, 5.41) is 7.03. The average Bonchev–Trinajstić information content (AvgIpc) is 2.43. The van der Waals surface area contributed by atoms with Gasteiger partial charge in [0.15, 0.2) is 0 Å². The van der Waals surface area contributed by atoms with Crippen LogP contribution in [0.4, 0.5) is 0 Å². The van der Waals surface area contributed by atoms with Crippen molar-refractivity contribution in [3.63, 3.8) is 0 Å². The van der Waals surface area contributed by atoms with E-state index in [2.05, 4.69) is 21.7 Å². The number of hydrogen-bond acceptors (Lipinski definition) is 3. The van der Waals surface area contributed by atoms with E-state index in [-0.39, 0.29) is 5.91 Å². The monoisotopic (exact) mass is 243 g/mol. The molecule has 2 N–H and O–H groups in total. The molecule has 0 aliphatic heterocycles. The molecule has 1 amide bonds. The van der Waals surface area contributed by atoms with E-state index >= 15 is 0 Å². The number of rotatable bonds is 5. The highest BCUT2D eigenvalue weighted by atomic mass is 16.1. The SMILES string of the molecule is CNC(=O)CCNCc1ccnc2ccccc12. The Balaban J connectivity index is 1.97. The lowest BCUT2D eigenvalue weighted by Crippen LogP contribution is -2.24. The zero-order chi connectivity index (χ0) is 12.8. The number of pyridine rings is 1. The fourth-order valence-electron chi connectivity index (χ4n) is 1.86. The molecule has 0 fully saturated rings. The van der Waals surface area contributed by atoms with Gasteiger partial charge in [0.2, 0.25) is 5.91 Å². The van der Waals surface area contributed by atoms with E-state index in [0.717, 1.165) is 17.4 Å². The van der Waals surface area contributed by atoms with Crippen LogP contribution in [0.25, 0.3) is 10.9 Å². The van der Waals surface area contributed by atoms with Gasteiger partial charge in [0.05, 0.1) is 5.52 Å². The number of benzene rings is 1. The summed E-state index contributed by atoms with van der Waals surface area (Å²) in [5.41, 5.74) is 2.21. The molecule has 4 heteroatoms. The molecule has 0 saturated carbocycles. The highest BCUT2D eigenvalue weighted by Crippen LogP contribution is 2.15. The van der Waals surface area contributed by atoms with Gasteiger partial charge in [-0.1, -0.05) is 18.2 Å². The first-order valence-electron chi connectivity index (χ1n) is 6.05. The van der Waals surface area contributed by atoms with Crippen LogP contribution in [-0.4, -0.2) is 24.5 Å². The fourth-order valence-corrected chi connectivity index (χ4v) is 1.86. The molecule has 0 radical (unpaired) electrons. The van der Waals surface area contributed by atoms with Crippen molar-refractivity contribution in [2.24, 2.45) is 0 Å². The first-order chi connectivity index (χ1) is 8.81. The number of carbonyl (C=O) groups excluding carboxylic acids is 1. The molecule has 18 heavy (non-hydrogen) atoms. The number of carbonyl (C=O) groups is 1. The summed E-state index contributed by atoms with van der Waals surface area (Å²) in [6.45, 7) is 1.43. The second-order valence-corrected chi connectivity index (χ2v) is 4.09. The zero-order valence-electron chi connectivity index (χ0n) is 10.4. The Bertz CT molecular complexity index is 534. The van der Waals surface area contributed by atoms with Gasteiger partial charge in [-0.25, -0.2) is 0 Å². The Hall–Kier alpha value is -1.94. The van der Waals surface area contributed by atoms with Crippen LogP contribution in [-0.2, 0) is 11.3 Å². The van der Waals surface area contributed by atoms with Crippen LogP contribution in [0.15, 0.2) is 36.5 Å². The maximum absolute atomic E-state index is 11.1. The maximum atomic E-state index is 11.1. The summed E-state index contributed by atoms with van der Waals surface area (Å²) in [7, 11) is 1.65. The fraction of sp³-hybridized carbons (Fsp3) is 0.286. The average molecular weight is 243 g/mol. The molecular formula is C14H17N3O. The van der Waals surface area contributed by atoms with Crippen molar-refractivity contribution in [3.8, 4) is 0 Å². The number of nitrogens with zero attached hydrogens (tertiary/aromatic N) is 1. The smallest absolute Gasteiger partial charge is 0.221 e. The number of nitrogens with one attached hydrogen (secondary N) is 2. The molecule has 1 heterocycles. The first-order valence-corrected chi connectivity index (χ1v) is 6.05. The Kier molecular flexibility index (Phi) is 4.25. The first kappa shape index (κ1) is 12.5. The van der Waals surface area contributed by atoms with Gasteiger partial charge >= 0.3 is 0 Å². The van der Waals surface area contributed by atoms with Crippen molar-refractivity contribution < 1.29 is 4.79 Å². The number of fused-ring (bicyclic) bond motifs is 1.